The summed E-state index contributed by atoms with van der Waals surface area (Å²) in [5, 5.41) is 3.79. The number of rotatable bonds is 4. The first-order valence-electron chi connectivity index (χ1n) is 7.64. The van der Waals surface area contributed by atoms with E-state index in [0.717, 1.165) is 5.56 Å². The van der Waals surface area contributed by atoms with Gasteiger partial charge in [-0.3, -0.25) is 14.2 Å². The quantitative estimate of drug-likeness (QED) is 0.757. The Morgan fingerprint density at radius 2 is 1.96 bits per heavy atom. The molecule has 1 aromatic heterocycles. The molecule has 1 atom stereocenters. The number of hydrogen-bond donors (Lipinski definition) is 1. The fraction of sp³-hybridized carbons (Fsp3) is 0.167. The van der Waals surface area contributed by atoms with Crippen molar-refractivity contribution in [2.45, 2.75) is 19.5 Å². The van der Waals surface area contributed by atoms with Crippen LogP contribution < -0.4 is 10.9 Å². The fourth-order valence-corrected chi connectivity index (χ4v) is 3.12. The zero-order valence-corrected chi connectivity index (χ0v) is 14.9. The molecule has 0 aliphatic carbocycles. The average Bonchev–Trinajstić information content (AvgIpc) is 2.58. The third kappa shape index (κ3) is 3.83. The summed E-state index contributed by atoms with van der Waals surface area (Å²) >= 11 is 12.0. The van der Waals surface area contributed by atoms with Crippen molar-refractivity contribution in [3.8, 4) is 0 Å². The molecule has 1 amide bonds. The van der Waals surface area contributed by atoms with Crippen LogP contribution in [0.3, 0.4) is 0 Å². The predicted octanol–water partition coefficient (Wildman–Crippen LogP) is 3.58. The van der Waals surface area contributed by atoms with Gasteiger partial charge < -0.3 is 5.32 Å². The molecule has 0 aliphatic rings. The normalized spacial score (nSPS) is 12.1. The van der Waals surface area contributed by atoms with Crippen LogP contribution in [0.1, 0.15) is 18.5 Å². The van der Waals surface area contributed by atoms with Crippen molar-refractivity contribution in [2.24, 2.45) is 0 Å². The number of nitrogens with one attached hydrogen (secondary N) is 1. The summed E-state index contributed by atoms with van der Waals surface area (Å²) in [6.45, 7) is 1.75. The molecule has 128 valence electrons. The largest absolute Gasteiger partial charge is 0.348 e. The molecule has 7 heteroatoms. The van der Waals surface area contributed by atoms with Crippen molar-refractivity contribution in [1.29, 1.82) is 0 Å². The monoisotopic (exact) mass is 375 g/mol. The zero-order valence-electron chi connectivity index (χ0n) is 13.4. The molecule has 1 unspecified atom stereocenters. The second-order valence-corrected chi connectivity index (χ2v) is 6.50. The van der Waals surface area contributed by atoms with Gasteiger partial charge in [0.25, 0.3) is 5.56 Å². The average molecular weight is 376 g/mol. The lowest BCUT2D eigenvalue weighted by molar-refractivity contribution is -0.122. The van der Waals surface area contributed by atoms with Crippen LogP contribution >= 0.6 is 23.2 Å². The highest BCUT2D eigenvalue weighted by atomic mass is 35.5. The smallest absolute Gasteiger partial charge is 0.261 e. The van der Waals surface area contributed by atoms with Crippen LogP contribution in [-0.4, -0.2) is 15.5 Å². The van der Waals surface area contributed by atoms with Crippen LogP contribution in [0.2, 0.25) is 10.0 Å². The maximum Gasteiger partial charge on any atom is 0.261 e. The summed E-state index contributed by atoms with van der Waals surface area (Å²) in [5.74, 6) is -0.285. The summed E-state index contributed by atoms with van der Waals surface area (Å²) < 4.78 is 1.24. The first-order valence-corrected chi connectivity index (χ1v) is 8.40. The number of carbonyl (C=O) groups excluding carboxylic acids is 1. The summed E-state index contributed by atoms with van der Waals surface area (Å²) in [6, 6.07) is 12.4. The van der Waals surface area contributed by atoms with Gasteiger partial charge in [0.15, 0.2) is 0 Å². The van der Waals surface area contributed by atoms with Gasteiger partial charge in [0.05, 0.1) is 28.3 Å². The van der Waals surface area contributed by atoms with Crippen LogP contribution in [0.5, 0.6) is 0 Å². The first-order chi connectivity index (χ1) is 12.0. The molecular weight excluding hydrogens is 361 g/mol. The summed E-state index contributed by atoms with van der Waals surface area (Å²) in [5.41, 5.74) is 0.987. The minimum absolute atomic E-state index is 0.136. The minimum atomic E-state index is -0.364. The van der Waals surface area contributed by atoms with E-state index in [1.54, 1.807) is 0 Å². The Bertz CT molecular complexity index is 987. The number of aromatic nitrogens is 2. The van der Waals surface area contributed by atoms with Gasteiger partial charge >= 0.3 is 0 Å². The van der Waals surface area contributed by atoms with Gasteiger partial charge in [0.2, 0.25) is 5.91 Å². The molecule has 0 fully saturated rings. The number of fused-ring (bicyclic) bond motifs is 1. The lowest BCUT2D eigenvalue weighted by atomic mass is 10.1. The van der Waals surface area contributed by atoms with Crippen molar-refractivity contribution in [2.75, 3.05) is 0 Å². The van der Waals surface area contributed by atoms with E-state index in [0.29, 0.717) is 15.6 Å². The van der Waals surface area contributed by atoms with E-state index in [9.17, 15) is 9.59 Å². The number of halogens is 2. The SMILES string of the molecule is CC(NC(=O)Cn1cnc2c(Cl)cc(Cl)cc2c1=O)c1ccccc1. The standard InChI is InChI=1S/C18H15Cl2N3O2/c1-11(12-5-3-2-4-6-12)22-16(24)9-23-10-21-17-14(18(23)25)7-13(19)8-15(17)20/h2-8,10-11H,9H2,1H3,(H,22,24). The zero-order chi connectivity index (χ0) is 18.0. The number of carbonyl (C=O) groups is 1. The minimum Gasteiger partial charge on any atom is -0.348 e. The summed E-state index contributed by atoms with van der Waals surface area (Å²) in [7, 11) is 0. The number of amides is 1. The molecule has 3 aromatic rings. The predicted molar refractivity (Wildman–Crippen MR) is 99.0 cm³/mol. The van der Waals surface area contributed by atoms with Gasteiger partial charge in [0, 0.05) is 5.02 Å². The molecule has 2 aromatic carbocycles. The lowest BCUT2D eigenvalue weighted by Crippen LogP contribution is -2.34. The molecule has 0 spiro atoms. The molecule has 3 rings (SSSR count). The topological polar surface area (TPSA) is 64.0 Å². The molecule has 0 aliphatic heterocycles. The summed E-state index contributed by atoms with van der Waals surface area (Å²) in [4.78, 5) is 29.0. The lowest BCUT2D eigenvalue weighted by Gasteiger charge is -2.15. The van der Waals surface area contributed by atoms with Gasteiger partial charge in [0.1, 0.15) is 6.54 Å². The Kier molecular flexibility index (Phi) is 5.06. The van der Waals surface area contributed by atoms with Crippen molar-refractivity contribution in [3.63, 3.8) is 0 Å². The second kappa shape index (κ2) is 7.25. The van der Waals surface area contributed by atoms with Crippen molar-refractivity contribution in [3.05, 3.63) is 74.8 Å². The number of nitrogens with zero attached hydrogens (tertiary/aromatic N) is 2. The van der Waals surface area contributed by atoms with Gasteiger partial charge in [-0.05, 0) is 24.6 Å². The van der Waals surface area contributed by atoms with E-state index >= 15 is 0 Å². The van der Waals surface area contributed by atoms with Crippen LogP contribution in [0, 0.1) is 0 Å². The molecule has 0 saturated carbocycles. The highest BCUT2D eigenvalue weighted by Gasteiger charge is 2.13. The molecule has 0 bridgehead atoms. The van der Waals surface area contributed by atoms with Gasteiger partial charge in [-0.25, -0.2) is 4.98 Å². The maximum absolute atomic E-state index is 12.5. The first kappa shape index (κ1) is 17.5. The van der Waals surface area contributed by atoms with E-state index in [-0.39, 0.29) is 29.4 Å². The van der Waals surface area contributed by atoms with Crippen LogP contribution in [0.25, 0.3) is 10.9 Å². The number of hydrogen-bond acceptors (Lipinski definition) is 3. The molecular formula is C18H15Cl2N3O2. The molecule has 0 saturated heterocycles. The Hall–Kier alpha value is -2.37. The molecule has 5 nitrogen and oxygen atoms in total. The fourth-order valence-electron chi connectivity index (χ4n) is 2.57. The maximum atomic E-state index is 12.5. The van der Waals surface area contributed by atoms with Gasteiger partial charge in [-0.1, -0.05) is 53.5 Å². The van der Waals surface area contributed by atoms with Gasteiger partial charge in [-0.15, -0.1) is 0 Å². The highest BCUT2D eigenvalue weighted by Crippen LogP contribution is 2.23. The number of benzene rings is 2. The van der Waals surface area contributed by atoms with E-state index < -0.39 is 0 Å². The third-order valence-electron chi connectivity index (χ3n) is 3.84. The Morgan fingerprint density at radius 1 is 1.24 bits per heavy atom. The van der Waals surface area contributed by atoms with E-state index in [4.69, 9.17) is 23.2 Å². The van der Waals surface area contributed by atoms with Crippen LogP contribution in [0.4, 0.5) is 0 Å². The summed E-state index contributed by atoms with van der Waals surface area (Å²) in [6.07, 6.45) is 1.32. The highest BCUT2D eigenvalue weighted by molar-refractivity contribution is 6.38. The van der Waals surface area contributed by atoms with Crippen LogP contribution in [0.15, 0.2) is 53.6 Å². The Morgan fingerprint density at radius 3 is 2.68 bits per heavy atom. The van der Waals surface area contributed by atoms with E-state index in [1.165, 1.54) is 23.0 Å². The van der Waals surface area contributed by atoms with Crippen molar-refractivity contribution in [1.82, 2.24) is 14.9 Å². The third-order valence-corrected chi connectivity index (χ3v) is 4.34. The molecule has 0 radical (unpaired) electrons. The van der Waals surface area contributed by atoms with E-state index in [2.05, 4.69) is 10.3 Å². The molecule has 1 heterocycles. The van der Waals surface area contributed by atoms with Crippen molar-refractivity contribution >= 4 is 40.0 Å². The molecule has 1 N–H and O–H groups in total. The Labute approximate surface area is 154 Å². The molecule has 25 heavy (non-hydrogen) atoms. The second-order valence-electron chi connectivity index (χ2n) is 5.66. The van der Waals surface area contributed by atoms with E-state index in [1.807, 2.05) is 37.3 Å². The van der Waals surface area contributed by atoms with Crippen molar-refractivity contribution < 1.29 is 4.79 Å². The van der Waals surface area contributed by atoms with Crippen LogP contribution in [-0.2, 0) is 11.3 Å². The Balaban J connectivity index is 1.82. The van der Waals surface area contributed by atoms with Gasteiger partial charge in [-0.2, -0.15) is 0 Å².